The van der Waals surface area contributed by atoms with Gasteiger partial charge in [-0.25, -0.2) is 9.18 Å². The summed E-state index contributed by atoms with van der Waals surface area (Å²) in [4.78, 5) is 31.8. The Labute approximate surface area is 160 Å². The molecule has 1 amide bonds. The molecule has 28 heavy (non-hydrogen) atoms. The predicted molar refractivity (Wildman–Crippen MR) is 95.3 cm³/mol. The highest BCUT2D eigenvalue weighted by Gasteiger charge is 2.27. The summed E-state index contributed by atoms with van der Waals surface area (Å²) in [6, 6.07) is 3.68. The van der Waals surface area contributed by atoms with E-state index in [1.54, 1.807) is 13.8 Å². The van der Waals surface area contributed by atoms with Crippen molar-refractivity contribution in [3.63, 3.8) is 0 Å². The van der Waals surface area contributed by atoms with E-state index >= 15 is 0 Å². The van der Waals surface area contributed by atoms with Gasteiger partial charge in [-0.2, -0.15) is 9.97 Å². The topological polar surface area (TPSA) is 120 Å². The van der Waals surface area contributed by atoms with Gasteiger partial charge < -0.3 is 24.6 Å². The van der Waals surface area contributed by atoms with Gasteiger partial charge in [0.1, 0.15) is 23.2 Å². The maximum absolute atomic E-state index is 14.4. The molecule has 1 unspecified atom stereocenters. The maximum Gasteiger partial charge on any atom is 0.328 e. The van der Waals surface area contributed by atoms with Crippen LogP contribution in [0.4, 0.5) is 4.39 Å². The van der Waals surface area contributed by atoms with Crippen LogP contribution < -0.4 is 19.5 Å². The van der Waals surface area contributed by atoms with E-state index in [1.165, 1.54) is 32.4 Å². The number of carbonyl (C=O) groups excluding carboxylic acids is 1. The summed E-state index contributed by atoms with van der Waals surface area (Å²) >= 11 is 0. The standard InChI is InChI=1S/C18H20FN3O6/c1-9(2)15(17(24)25)22-16(23)14-10(19)6-5-7-11(14)28-18-20-12(26-3)8-13(21-18)27-4/h5-9,15H,1-4H3,(H,22,23)(H,24,25). The molecular formula is C18H20FN3O6. The first-order chi connectivity index (χ1) is 13.3. The van der Waals surface area contributed by atoms with Gasteiger partial charge in [0, 0.05) is 0 Å². The molecule has 0 bridgehead atoms. The Balaban J connectivity index is 2.39. The molecule has 0 spiro atoms. The van der Waals surface area contributed by atoms with Crippen LogP contribution in [0.1, 0.15) is 24.2 Å². The van der Waals surface area contributed by atoms with Crippen LogP contribution >= 0.6 is 0 Å². The monoisotopic (exact) mass is 393 g/mol. The fraction of sp³-hybridized carbons (Fsp3) is 0.333. The van der Waals surface area contributed by atoms with Gasteiger partial charge in [-0.1, -0.05) is 19.9 Å². The number of ether oxygens (including phenoxy) is 3. The first-order valence-electron chi connectivity index (χ1n) is 8.24. The molecule has 0 aliphatic carbocycles. The van der Waals surface area contributed by atoms with Crippen molar-refractivity contribution in [2.45, 2.75) is 19.9 Å². The lowest BCUT2D eigenvalue weighted by atomic mass is 10.0. The van der Waals surface area contributed by atoms with Gasteiger partial charge in [0.15, 0.2) is 0 Å². The van der Waals surface area contributed by atoms with Gasteiger partial charge in [-0.05, 0) is 18.1 Å². The summed E-state index contributed by atoms with van der Waals surface area (Å²) in [5, 5.41) is 11.5. The van der Waals surface area contributed by atoms with Crippen LogP contribution in [0, 0.1) is 11.7 Å². The number of carboxylic acids is 1. The Kier molecular flexibility index (Phi) is 6.69. The minimum Gasteiger partial charge on any atom is -0.481 e. The van der Waals surface area contributed by atoms with E-state index in [-0.39, 0.29) is 23.5 Å². The quantitative estimate of drug-likeness (QED) is 0.701. The van der Waals surface area contributed by atoms with Gasteiger partial charge in [0.2, 0.25) is 11.8 Å². The molecule has 1 aromatic carbocycles. The smallest absolute Gasteiger partial charge is 0.328 e. The third kappa shape index (κ3) is 4.84. The lowest BCUT2D eigenvalue weighted by molar-refractivity contribution is -0.140. The largest absolute Gasteiger partial charge is 0.481 e. The second-order valence-electron chi connectivity index (χ2n) is 5.98. The van der Waals surface area contributed by atoms with E-state index in [9.17, 15) is 19.1 Å². The van der Waals surface area contributed by atoms with Crippen LogP contribution in [0.15, 0.2) is 24.3 Å². The third-order valence-corrected chi connectivity index (χ3v) is 3.70. The number of halogens is 1. The molecule has 0 aliphatic heterocycles. The summed E-state index contributed by atoms with van der Waals surface area (Å²) in [5.74, 6) is -3.40. The highest BCUT2D eigenvalue weighted by molar-refractivity contribution is 5.99. The van der Waals surface area contributed by atoms with Crippen molar-refractivity contribution >= 4 is 11.9 Å². The second-order valence-corrected chi connectivity index (χ2v) is 5.98. The van der Waals surface area contributed by atoms with Crippen molar-refractivity contribution in [3.8, 4) is 23.5 Å². The van der Waals surface area contributed by atoms with Crippen molar-refractivity contribution in [1.82, 2.24) is 15.3 Å². The minimum atomic E-state index is -1.23. The SMILES string of the molecule is COc1cc(OC)nc(Oc2cccc(F)c2C(=O)NC(C(=O)O)C(C)C)n1. The molecule has 1 heterocycles. The van der Waals surface area contributed by atoms with Crippen molar-refractivity contribution in [3.05, 3.63) is 35.6 Å². The average molecular weight is 393 g/mol. The number of carbonyl (C=O) groups is 2. The number of nitrogens with one attached hydrogen (secondary N) is 1. The van der Waals surface area contributed by atoms with Crippen LogP contribution in [0.25, 0.3) is 0 Å². The average Bonchev–Trinajstić information content (AvgIpc) is 2.65. The summed E-state index contributed by atoms with van der Waals surface area (Å²) in [6.45, 7) is 3.24. The number of hydrogen-bond donors (Lipinski definition) is 2. The second kappa shape index (κ2) is 8.98. The van der Waals surface area contributed by atoms with Gasteiger partial charge >= 0.3 is 12.0 Å². The van der Waals surface area contributed by atoms with Crippen LogP contribution in [0.3, 0.4) is 0 Å². The number of rotatable bonds is 8. The van der Waals surface area contributed by atoms with Crippen LogP contribution in [0.5, 0.6) is 23.5 Å². The molecule has 0 fully saturated rings. The molecule has 1 aromatic heterocycles. The Morgan fingerprint density at radius 3 is 2.25 bits per heavy atom. The first-order valence-corrected chi connectivity index (χ1v) is 8.24. The summed E-state index contributed by atoms with van der Waals surface area (Å²) in [5.41, 5.74) is -0.472. The summed E-state index contributed by atoms with van der Waals surface area (Å²) in [7, 11) is 2.76. The number of amides is 1. The van der Waals surface area contributed by atoms with Crippen molar-refractivity contribution in [1.29, 1.82) is 0 Å². The predicted octanol–water partition coefficient (Wildman–Crippen LogP) is 2.26. The molecule has 2 rings (SSSR count). The number of aliphatic carboxylic acids is 1. The number of methoxy groups -OCH3 is 2. The fourth-order valence-corrected chi connectivity index (χ4v) is 2.27. The van der Waals surface area contributed by atoms with E-state index in [0.717, 1.165) is 6.07 Å². The zero-order valence-corrected chi connectivity index (χ0v) is 15.7. The summed E-state index contributed by atoms with van der Waals surface area (Å²) < 4.78 is 29.9. The van der Waals surface area contributed by atoms with E-state index in [0.29, 0.717) is 0 Å². The Morgan fingerprint density at radius 1 is 1.14 bits per heavy atom. The van der Waals surface area contributed by atoms with Gasteiger partial charge in [-0.3, -0.25) is 4.79 Å². The van der Waals surface area contributed by atoms with Gasteiger partial charge in [0.25, 0.3) is 5.91 Å². The van der Waals surface area contributed by atoms with E-state index in [2.05, 4.69) is 15.3 Å². The fourth-order valence-electron chi connectivity index (χ4n) is 2.27. The molecule has 150 valence electrons. The van der Waals surface area contributed by atoms with Crippen molar-refractivity contribution in [2.24, 2.45) is 5.92 Å². The molecule has 1 atom stereocenters. The van der Waals surface area contributed by atoms with Crippen LogP contribution in [-0.2, 0) is 4.79 Å². The molecule has 2 N–H and O–H groups in total. The van der Waals surface area contributed by atoms with Crippen molar-refractivity contribution in [2.75, 3.05) is 14.2 Å². The molecule has 0 radical (unpaired) electrons. The number of carboxylic acid groups (broad SMARTS) is 1. The molecule has 10 heteroatoms. The zero-order valence-electron chi connectivity index (χ0n) is 15.7. The Bertz CT molecular complexity index is 852. The third-order valence-electron chi connectivity index (χ3n) is 3.70. The maximum atomic E-state index is 14.4. The number of nitrogens with zero attached hydrogens (tertiary/aromatic N) is 2. The lowest BCUT2D eigenvalue weighted by Gasteiger charge is -2.19. The Hall–Kier alpha value is -3.43. The highest BCUT2D eigenvalue weighted by Crippen LogP contribution is 2.28. The molecule has 0 saturated heterocycles. The number of hydrogen-bond acceptors (Lipinski definition) is 7. The molecule has 2 aromatic rings. The van der Waals surface area contributed by atoms with Crippen LogP contribution in [0.2, 0.25) is 0 Å². The van der Waals surface area contributed by atoms with Crippen LogP contribution in [-0.4, -0.2) is 47.2 Å². The minimum absolute atomic E-state index is 0.134. The van der Waals surface area contributed by atoms with Gasteiger partial charge in [0.05, 0.1) is 20.3 Å². The normalized spacial score (nSPS) is 11.6. The Morgan fingerprint density at radius 2 is 1.75 bits per heavy atom. The van der Waals surface area contributed by atoms with Gasteiger partial charge in [-0.15, -0.1) is 0 Å². The van der Waals surface area contributed by atoms with E-state index < -0.39 is 35.2 Å². The molecule has 0 saturated carbocycles. The lowest BCUT2D eigenvalue weighted by Crippen LogP contribution is -2.44. The molecular weight excluding hydrogens is 373 g/mol. The molecule has 9 nitrogen and oxygen atoms in total. The first kappa shape index (κ1) is 20.9. The van der Waals surface area contributed by atoms with E-state index in [1.807, 2.05) is 0 Å². The summed E-state index contributed by atoms with van der Waals surface area (Å²) in [6.07, 6.45) is 0. The molecule has 0 aliphatic rings. The highest BCUT2D eigenvalue weighted by atomic mass is 19.1. The van der Waals surface area contributed by atoms with Crippen molar-refractivity contribution < 1.29 is 33.3 Å². The van der Waals surface area contributed by atoms with E-state index in [4.69, 9.17) is 14.2 Å². The number of benzene rings is 1. The zero-order chi connectivity index (χ0) is 20.8. The number of aromatic nitrogens is 2.